The molecule has 3 rings (SSSR count). The van der Waals surface area contributed by atoms with Gasteiger partial charge in [0.15, 0.2) is 0 Å². The molecule has 23 heavy (non-hydrogen) atoms. The highest BCUT2D eigenvalue weighted by atomic mass is 16.6. The summed E-state index contributed by atoms with van der Waals surface area (Å²) in [4.78, 5) is 22.2. The first-order valence-corrected chi connectivity index (χ1v) is 7.49. The number of rotatable bonds is 3. The molecule has 1 fully saturated rings. The number of amides is 1. The van der Waals surface area contributed by atoms with Crippen LogP contribution < -0.4 is 10.2 Å². The van der Waals surface area contributed by atoms with Crippen molar-refractivity contribution in [3.8, 4) is 5.75 Å². The Labute approximate surface area is 133 Å². The SMILES string of the molecule is O=C(Nc1ccc(O)cn1)OC1CCN(c2ccccn2)CC1. The molecule has 0 bridgehead atoms. The topological polar surface area (TPSA) is 87.6 Å². The van der Waals surface area contributed by atoms with Gasteiger partial charge in [0.25, 0.3) is 0 Å². The Morgan fingerprint density at radius 3 is 2.70 bits per heavy atom. The van der Waals surface area contributed by atoms with Crippen LogP contribution in [0.25, 0.3) is 0 Å². The molecule has 0 atom stereocenters. The second-order valence-electron chi connectivity index (χ2n) is 5.31. The van der Waals surface area contributed by atoms with Gasteiger partial charge in [-0.1, -0.05) is 6.07 Å². The van der Waals surface area contributed by atoms with E-state index in [0.29, 0.717) is 5.82 Å². The molecule has 3 heterocycles. The first-order chi connectivity index (χ1) is 11.2. The zero-order chi connectivity index (χ0) is 16.1. The third kappa shape index (κ3) is 4.09. The largest absolute Gasteiger partial charge is 0.506 e. The summed E-state index contributed by atoms with van der Waals surface area (Å²) in [6, 6.07) is 8.79. The van der Waals surface area contributed by atoms with Gasteiger partial charge in [0.2, 0.25) is 0 Å². The monoisotopic (exact) mass is 314 g/mol. The van der Waals surface area contributed by atoms with Crippen molar-refractivity contribution >= 4 is 17.7 Å². The van der Waals surface area contributed by atoms with Crippen molar-refractivity contribution in [3.05, 3.63) is 42.7 Å². The molecule has 2 aromatic rings. The van der Waals surface area contributed by atoms with Crippen LogP contribution >= 0.6 is 0 Å². The highest BCUT2D eigenvalue weighted by Gasteiger charge is 2.23. The molecular weight excluding hydrogens is 296 g/mol. The quantitative estimate of drug-likeness (QED) is 0.904. The molecular formula is C16H18N4O3. The summed E-state index contributed by atoms with van der Waals surface area (Å²) in [6.45, 7) is 1.60. The average Bonchev–Trinajstić information content (AvgIpc) is 2.58. The number of nitrogens with zero attached hydrogens (tertiary/aromatic N) is 3. The molecule has 0 spiro atoms. The molecule has 0 saturated carbocycles. The molecule has 1 saturated heterocycles. The van der Waals surface area contributed by atoms with Crippen LogP contribution in [-0.2, 0) is 4.74 Å². The summed E-state index contributed by atoms with van der Waals surface area (Å²) in [5, 5.41) is 11.7. The number of anilines is 2. The Bertz CT molecular complexity index is 640. The van der Waals surface area contributed by atoms with Crippen LogP contribution in [0.15, 0.2) is 42.7 Å². The molecule has 2 aromatic heterocycles. The number of carbonyl (C=O) groups excluding carboxylic acids is 1. The second kappa shape index (κ2) is 6.95. The molecule has 1 aliphatic heterocycles. The van der Waals surface area contributed by atoms with E-state index in [4.69, 9.17) is 9.84 Å². The van der Waals surface area contributed by atoms with Crippen molar-refractivity contribution < 1.29 is 14.6 Å². The van der Waals surface area contributed by atoms with E-state index in [2.05, 4.69) is 20.2 Å². The van der Waals surface area contributed by atoms with E-state index in [1.165, 1.54) is 18.3 Å². The molecule has 0 radical (unpaired) electrons. The van der Waals surface area contributed by atoms with Crippen molar-refractivity contribution in [1.29, 1.82) is 0 Å². The zero-order valence-corrected chi connectivity index (χ0v) is 12.6. The Hall–Kier alpha value is -2.83. The minimum atomic E-state index is -0.528. The summed E-state index contributed by atoms with van der Waals surface area (Å²) in [7, 11) is 0. The maximum Gasteiger partial charge on any atom is 0.413 e. The number of hydrogen-bond acceptors (Lipinski definition) is 6. The first kappa shape index (κ1) is 15.1. The van der Waals surface area contributed by atoms with Crippen LogP contribution in [0, 0.1) is 0 Å². The minimum absolute atomic E-state index is 0.0470. The maximum absolute atomic E-state index is 11.9. The predicted octanol–water partition coefficient (Wildman–Crippen LogP) is 2.40. The van der Waals surface area contributed by atoms with Gasteiger partial charge in [0, 0.05) is 32.1 Å². The fourth-order valence-electron chi connectivity index (χ4n) is 2.49. The number of aromatic hydroxyl groups is 1. The normalized spacial score (nSPS) is 15.2. The molecule has 7 heteroatoms. The summed E-state index contributed by atoms with van der Waals surface area (Å²) < 4.78 is 5.41. The highest BCUT2D eigenvalue weighted by molar-refractivity contribution is 5.83. The highest BCUT2D eigenvalue weighted by Crippen LogP contribution is 2.19. The number of aromatic nitrogens is 2. The smallest absolute Gasteiger partial charge is 0.413 e. The number of carbonyl (C=O) groups is 1. The molecule has 0 unspecified atom stereocenters. The zero-order valence-electron chi connectivity index (χ0n) is 12.6. The van der Waals surface area contributed by atoms with Gasteiger partial charge in [-0.25, -0.2) is 14.8 Å². The van der Waals surface area contributed by atoms with Crippen LogP contribution in [0.3, 0.4) is 0 Å². The fraction of sp³-hybridized carbons (Fsp3) is 0.312. The molecule has 2 N–H and O–H groups in total. The average molecular weight is 314 g/mol. The van der Waals surface area contributed by atoms with Crippen molar-refractivity contribution in [2.24, 2.45) is 0 Å². The van der Waals surface area contributed by atoms with E-state index >= 15 is 0 Å². The van der Waals surface area contributed by atoms with Crippen LogP contribution in [0.4, 0.5) is 16.4 Å². The Balaban J connectivity index is 1.47. The Kier molecular flexibility index (Phi) is 4.56. The van der Waals surface area contributed by atoms with Gasteiger partial charge in [-0.15, -0.1) is 0 Å². The van der Waals surface area contributed by atoms with Crippen LogP contribution in [0.1, 0.15) is 12.8 Å². The van der Waals surface area contributed by atoms with E-state index in [-0.39, 0.29) is 11.9 Å². The van der Waals surface area contributed by atoms with Gasteiger partial charge in [0.1, 0.15) is 23.5 Å². The summed E-state index contributed by atoms with van der Waals surface area (Å²) >= 11 is 0. The molecule has 0 aliphatic carbocycles. The van der Waals surface area contributed by atoms with Crippen LogP contribution in [0.5, 0.6) is 5.75 Å². The first-order valence-electron chi connectivity index (χ1n) is 7.49. The lowest BCUT2D eigenvalue weighted by Gasteiger charge is -2.32. The van der Waals surface area contributed by atoms with E-state index in [1.807, 2.05) is 18.2 Å². The number of nitrogens with one attached hydrogen (secondary N) is 1. The lowest BCUT2D eigenvalue weighted by molar-refractivity contribution is 0.0949. The predicted molar refractivity (Wildman–Crippen MR) is 85.5 cm³/mol. The van der Waals surface area contributed by atoms with Crippen LogP contribution in [0.2, 0.25) is 0 Å². The lowest BCUT2D eigenvalue weighted by atomic mass is 10.1. The van der Waals surface area contributed by atoms with Crippen molar-refractivity contribution in [2.75, 3.05) is 23.3 Å². The van der Waals surface area contributed by atoms with Gasteiger partial charge in [-0.3, -0.25) is 5.32 Å². The van der Waals surface area contributed by atoms with E-state index in [0.717, 1.165) is 31.7 Å². The summed E-state index contributed by atoms with van der Waals surface area (Å²) in [5.41, 5.74) is 0. The van der Waals surface area contributed by atoms with Crippen molar-refractivity contribution in [2.45, 2.75) is 18.9 Å². The van der Waals surface area contributed by atoms with E-state index in [1.54, 1.807) is 6.20 Å². The summed E-state index contributed by atoms with van der Waals surface area (Å²) in [5.74, 6) is 1.34. The number of ether oxygens (including phenoxy) is 1. The van der Waals surface area contributed by atoms with Gasteiger partial charge in [-0.05, 0) is 24.3 Å². The number of hydrogen-bond donors (Lipinski definition) is 2. The third-order valence-corrected chi connectivity index (χ3v) is 3.67. The second-order valence-corrected chi connectivity index (χ2v) is 5.31. The van der Waals surface area contributed by atoms with Crippen molar-refractivity contribution in [1.82, 2.24) is 9.97 Å². The summed E-state index contributed by atoms with van der Waals surface area (Å²) in [6.07, 6.45) is 3.91. The molecule has 1 aliphatic rings. The minimum Gasteiger partial charge on any atom is -0.506 e. The fourth-order valence-corrected chi connectivity index (χ4v) is 2.49. The maximum atomic E-state index is 11.9. The number of piperidine rings is 1. The molecule has 120 valence electrons. The molecule has 0 aromatic carbocycles. The third-order valence-electron chi connectivity index (χ3n) is 3.67. The lowest BCUT2D eigenvalue weighted by Crippen LogP contribution is -2.38. The molecule has 1 amide bonds. The van der Waals surface area contributed by atoms with E-state index in [9.17, 15) is 4.79 Å². The Morgan fingerprint density at radius 2 is 2.04 bits per heavy atom. The number of pyridine rings is 2. The standard InChI is InChI=1S/C16H18N4O3/c21-12-4-5-14(18-11-12)19-16(22)23-13-6-9-20(10-7-13)15-3-1-2-8-17-15/h1-5,8,11,13,21H,6-7,9-10H2,(H,18,19,22). The van der Waals surface area contributed by atoms with Gasteiger partial charge < -0.3 is 14.7 Å². The molecule has 7 nitrogen and oxygen atoms in total. The van der Waals surface area contributed by atoms with Gasteiger partial charge in [0.05, 0.1) is 6.20 Å². The van der Waals surface area contributed by atoms with Crippen LogP contribution in [-0.4, -0.2) is 40.4 Å². The van der Waals surface area contributed by atoms with Gasteiger partial charge in [-0.2, -0.15) is 0 Å². The van der Waals surface area contributed by atoms with Gasteiger partial charge >= 0.3 is 6.09 Å². The van der Waals surface area contributed by atoms with Crippen molar-refractivity contribution in [3.63, 3.8) is 0 Å². The Morgan fingerprint density at radius 1 is 1.22 bits per heavy atom. The van der Waals surface area contributed by atoms with E-state index < -0.39 is 6.09 Å².